The molecule has 2 aromatic rings. The normalized spacial score (nSPS) is 16.8. The lowest BCUT2D eigenvalue weighted by Gasteiger charge is -2.25. The van der Waals surface area contributed by atoms with E-state index in [1.807, 2.05) is 43.3 Å². The number of benzene rings is 2. The van der Waals surface area contributed by atoms with Gasteiger partial charge in [0.05, 0.1) is 12.5 Å². The van der Waals surface area contributed by atoms with Crippen LogP contribution in [0.5, 0.6) is 5.75 Å². The molecule has 108 valence electrons. The van der Waals surface area contributed by atoms with E-state index >= 15 is 0 Å². The van der Waals surface area contributed by atoms with Crippen LogP contribution >= 0.6 is 11.6 Å². The van der Waals surface area contributed by atoms with Gasteiger partial charge in [-0.2, -0.15) is 0 Å². The summed E-state index contributed by atoms with van der Waals surface area (Å²) >= 11 is 6.00. The highest BCUT2D eigenvalue weighted by Gasteiger charge is 2.27. The van der Waals surface area contributed by atoms with Gasteiger partial charge < -0.3 is 10.1 Å². The summed E-state index contributed by atoms with van der Waals surface area (Å²) in [5.74, 6) is 0.594. The van der Waals surface area contributed by atoms with Crippen LogP contribution in [0.3, 0.4) is 0 Å². The van der Waals surface area contributed by atoms with Crippen molar-refractivity contribution in [2.75, 3.05) is 11.9 Å². The molecule has 0 radical (unpaired) electrons. The number of carbonyl (C=O) groups is 1. The molecule has 0 bridgehead atoms. The first-order valence-electron chi connectivity index (χ1n) is 6.94. The Labute approximate surface area is 128 Å². The molecule has 1 aliphatic heterocycles. The van der Waals surface area contributed by atoms with E-state index in [2.05, 4.69) is 5.32 Å². The summed E-state index contributed by atoms with van der Waals surface area (Å²) in [6, 6.07) is 13.2. The Morgan fingerprint density at radius 1 is 1.29 bits per heavy atom. The Bertz CT molecular complexity index is 684. The number of para-hydroxylation sites is 1. The average molecular weight is 302 g/mol. The minimum atomic E-state index is -0.187. The van der Waals surface area contributed by atoms with Crippen molar-refractivity contribution in [1.29, 1.82) is 0 Å². The first-order valence-corrected chi connectivity index (χ1v) is 7.31. The third-order valence-corrected chi connectivity index (χ3v) is 3.97. The molecule has 0 aromatic heterocycles. The van der Waals surface area contributed by atoms with Crippen LogP contribution in [-0.2, 0) is 4.79 Å². The number of hydrogen-bond donors (Lipinski definition) is 1. The molecule has 1 heterocycles. The number of aryl methyl sites for hydroxylation is 1. The lowest BCUT2D eigenvalue weighted by Crippen LogP contribution is -2.26. The quantitative estimate of drug-likeness (QED) is 0.905. The maximum atomic E-state index is 12.6. The molecule has 0 saturated heterocycles. The third-order valence-electron chi connectivity index (χ3n) is 3.73. The fraction of sp³-hybridized carbons (Fsp3) is 0.235. The van der Waals surface area contributed by atoms with Crippen LogP contribution in [0, 0.1) is 6.92 Å². The van der Waals surface area contributed by atoms with E-state index in [1.54, 1.807) is 6.07 Å². The maximum absolute atomic E-state index is 12.6. The Hall–Kier alpha value is -2.00. The van der Waals surface area contributed by atoms with E-state index < -0.39 is 0 Å². The minimum Gasteiger partial charge on any atom is -0.493 e. The summed E-state index contributed by atoms with van der Waals surface area (Å²) < 4.78 is 5.60. The number of nitrogens with one attached hydrogen (secondary N) is 1. The largest absolute Gasteiger partial charge is 0.493 e. The van der Waals surface area contributed by atoms with E-state index in [0.717, 1.165) is 22.6 Å². The molecular formula is C17H16ClNO2. The number of ether oxygens (including phenoxy) is 1. The molecule has 21 heavy (non-hydrogen) atoms. The van der Waals surface area contributed by atoms with Crippen molar-refractivity contribution >= 4 is 23.2 Å². The fourth-order valence-electron chi connectivity index (χ4n) is 2.56. The molecule has 1 atom stereocenters. The second kappa shape index (κ2) is 5.78. The second-order valence-corrected chi connectivity index (χ2v) is 5.61. The Morgan fingerprint density at radius 3 is 2.95 bits per heavy atom. The summed E-state index contributed by atoms with van der Waals surface area (Å²) in [6.07, 6.45) is 0.683. The van der Waals surface area contributed by atoms with Gasteiger partial charge in [-0.25, -0.2) is 0 Å². The van der Waals surface area contributed by atoms with E-state index in [-0.39, 0.29) is 11.8 Å². The van der Waals surface area contributed by atoms with Crippen LogP contribution in [0.2, 0.25) is 5.02 Å². The highest BCUT2D eigenvalue weighted by Crippen LogP contribution is 2.34. The first kappa shape index (κ1) is 14.0. The summed E-state index contributed by atoms with van der Waals surface area (Å²) in [5, 5.41) is 3.60. The number of fused-ring (bicyclic) bond motifs is 1. The number of anilines is 1. The fourth-order valence-corrected chi connectivity index (χ4v) is 2.74. The number of halogens is 1. The molecule has 4 heteroatoms. The molecule has 1 aliphatic rings. The predicted octanol–water partition coefficient (Wildman–Crippen LogP) is 4.15. The molecule has 1 unspecified atom stereocenters. The van der Waals surface area contributed by atoms with Gasteiger partial charge >= 0.3 is 0 Å². The third kappa shape index (κ3) is 2.88. The smallest absolute Gasteiger partial charge is 0.232 e. The van der Waals surface area contributed by atoms with Gasteiger partial charge in [0.2, 0.25) is 5.91 Å². The van der Waals surface area contributed by atoms with Crippen LogP contribution in [-0.4, -0.2) is 12.5 Å². The van der Waals surface area contributed by atoms with Gasteiger partial charge in [0.15, 0.2) is 0 Å². The Morgan fingerprint density at radius 2 is 2.10 bits per heavy atom. The molecule has 2 aromatic carbocycles. The molecule has 0 fully saturated rings. The predicted molar refractivity (Wildman–Crippen MR) is 84.1 cm³/mol. The second-order valence-electron chi connectivity index (χ2n) is 5.18. The van der Waals surface area contributed by atoms with Gasteiger partial charge in [-0.15, -0.1) is 0 Å². The van der Waals surface area contributed by atoms with Crippen molar-refractivity contribution < 1.29 is 9.53 Å². The maximum Gasteiger partial charge on any atom is 0.232 e. The van der Waals surface area contributed by atoms with Crippen molar-refractivity contribution in [3.63, 3.8) is 0 Å². The zero-order chi connectivity index (χ0) is 14.8. The van der Waals surface area contributed by atoms with Gasteiger partial charge in [-0.3, -0.25) is 4.79 Å². The lowest BCUT2D eigenvalue weighted by atomic mass is 9.92. The number of rotatable bonds is 2. The summed E-state index contributed by atoms with van der Waals surface area (Å²) in [6.45, 7) is 2.51. The van der Waals surface area contributed by atoms with Crippen molar-refractivity contribution in [2.24, 2.45) is 0 Å². The molecule has 3 rings (SSSR count). The number of carbonyl (C=O) groups excluding carboxylic acids is 1. The van der Waals surface area contributed by atoms with Gasteiger partial charge in [0.25, 0.3) is 0 Å². The molecule has 0 saturated carbocycles. The molecule has 0 spiro atoms. The summed E-state index contributed by atoms with van der Waals surface area (Å²) in [5.41, 5.74) is 2.70. The van der Waals surface area contributed by atoms with Crippen LogP contribution < -0.4 is 10.1 Å². The van der Waals surface area contributed by atoms with Crippen LogP contribution in [0.1, 0.15) is 23.5 Å². The summed E-state index contributed by atoms with van der Waals surface area (Å²) in [7, 11) is 0. The van der Waals surface area contributed by atoms with Gasteiger partial charge in [-0.1, -0.05) is 35.9 Å². The zero-order valence-electron chi connectivity index (χ0n) is 11.7. The number of hydrogen-bond acceptors (Lipinski definition) is 2. The van der Waals surface area contributed by atoms with E-state index in [4.69, 9.17) is 16.3 Å². The molecule has 1 amide bonds. The van der Waals surface area contributed by atoms with Gasteiger partial charge in [0, 0.05) is 16.3 Å². The number of amides is 1. The minimum absolute atomic E-state index is 0.0175. The van der Waals surface area contributed by atoms with Crippen molar-refractivity contribution in [3.05, 3.63) is 58.6 Å². The Kier molecular flexibility index (Phi) is 3.84. The van der Waals surface area contributed by atoms with Crippen molar-refractivity contribution in [2.45, 2.75) is 19.3 Å². The summed E-state index contributed by atoms with van der Waals surface area (Å²) in [4.78, 5) is 12.6. The topological polar surface area (TPSA) is 38.3 Å². The van der Waals surface area contributed by atoms with Gasteiger partial charge in [-0.05, 0) is 37.1 Å². The molecular weight excluding hydrogens is 286 g/mol. The molecule has 3 nitrogen and oxygen atoms in total. The van der Waals surface area contributed by atoms with Gasteiger partial charge in [0.1, 0.15) is 5.75 Å². The Balaban J connectivity index is 1.85. The monoisotopic (exact) mass is 301 g/mol. The molecule has 1 N–H and O–H groups in total. The highest BCUT2D eigenvalue weighted by molar-refractivity contribution is 6.31. The standard InChI is InChI=1S/C17H16ClNO2/c1-11-6-7-12(18)10-15(11)19-17(20)14-8-9-21-16-5-3-2-4-13(14)16/h2-7,10,14H,8-9H2,1H3,(H,19,20). The lowest BCUT2D eigenvalue weighted by molar-refractivity contribution is -0.118. The van der Waals surface area contributed by atoms with Crippen LogP contribution in [0.15, 0.2) is 42.5 Å². The van der Waals surface area contributed by atoms with E-state index in [1.165, 1.54) is 0 Å². The first-order chi connectivity index (χ1) is 10.1. The zero-order valence-corrected chi connectivity index (χ0v) is 12.5. The highest BCUT2D eigenvalue weighted by atomic mass is 35.5. The van der Waals surface area contributed by atoms with Crippen molar-refractivity contribution in [3.8, 4) is 5.75 Å². The van der Waals surface area contributed by atoms with Crippen molar-refractivity contribution in [1.82, 2.24) is 0 Å². The van der Waals surface area contributed by atoms with Crippen LogP contribution in [0.25, 0.3) is 0 Å². The molecule has 0 aliphatic carbocycles. The van der Waals surface area contributed by atoms with Crippen LogP contribution in [0.4, 0.5) is 5.69 Å². The SMILES string of the molecule is Cc1ccc(Cl)cc1NC(=O)C1CCOc2ccccc21. The van der Waals surface area contributed by atoms with E-state index in [0.29, 0.717) is 18.1 Å². The average Bonchev–Trinajstić information content (AvgIpc) is 2.50. The van der Waals surface area contributed by atoms with E-state index in [9.17, 15) is 4.79 Å².